The number of fused-ring (bicyclic) bond motifs is 1. The molecular weight excluding hydrogens is 310 g/mol. The number of hydrogen-bond acceptors (Lipinski definition) is 3. The molecule has 0 unspecified atom stereocenters. The Morgan fingerprint density at radius 1 is 1.17 bits per heavy atom. The molecule has 4 nitrogen and oxygen atoms in total. The highest BCUT2D eigenvalue weighted by Crippen LogP contribution is 2.31. The van der Waals surface area contributed by atoms with Crippen molar-refractivity contribution >= 4 is 16.1 Å². The van der Waals surface area contributed by atoms with E-state index in [1.807, 2.05) is 38.1 Å². The summed E-state index contributed by atoms with van der Waals surface area (Å²) in [6, 6.07) is 7.91. The third-order valence-electron chi connectivity index (χ3n) is 5.14. The Balaban J connectivity index is 2.15. The van der Waals surface area contributed by atoms with Gasteiger partial charge in [0.05, 0.1) is 4.91 Å². The second-order valence-electron chi connectivity index (χ2n) is 6.31. The molecule has 1 aliphatic rings. The number of benzene rings is 1. The summed E-state index contributed by atoms with van der Waals surface area (Å²) in [5.41, 5.74) is 2.02. The molecule has 2 N–H and O–H groups in total. The number of rotatable bonds is 8. The van der Waals surface area contributed by atoms with Crippen LogP contribution in [0.2, 0.25) is 0 Å². The first-order valence-corrected chi connectivity index (χ1v) is 9.83. The lowest BCUT2D eigenvalue weighted by Gasteiger charge is -2.31. The first kappa shape index (κ1) is 18.2. The van der Waals surface area contributed by atoms with Crippen LogP contribution in [0.1, 0.15) is 50.7 Å². The molecule has 128 valence electrons. The van der Waals surface area contributed by atoms with Crippen LogP contribution in [0.15, 0.2) is 29.2 Å². The summed E-state index contributed by atoms with van der Waals surface area (Å²) in [5, 5.41) is 9.26. The van der Waals surface area contributed by atoms with Crippen LogP contribution < -0.4 is 4.72 Å². The monoisotopic (exact) mass is 337 g/mol. The highest BCUT2D eigenvalue weighted by atomic mass is 32.2. The van der Waals surface area contributed by atoms with Gasteiger partial charge in [-0.1, -0.05) is 38.1 Å². The van der Waals surface area contributed by atoms with Crippen LogP contribution in [0.25, 0.3) is 6.08 Å². The van der Waals surface area contributed by atoms with Crippen molar-refractivity contribution in [2.45, 2.75) is 46.0 Å². The predicted molar refractivity (Wildman–Crippen MR) is 94.4 cm³/mol. The Kier molecular flexibility index (Phi) is 6.00. The van der Waals surface area contributed by atoms with E-state index in [0.29, 0.717) is 24.3 Å². The molecule has 0 aliphatic heterocycles. The third-order valence-corrected chi connectivity index (χ3v) is 6.67. The molecule has 1 aromatic rings. The van der Waals surface area contributed by atoms with Crippen LogP contribution >= 0.6 is 0 Å². The summed E-state index contributed by atoms with van der Waals surface area (Å²) >= 11 is 0. The van der Waals surface area contributed by atoms with E-state index in [1.165, 1.54) is 5.56 Å². The smallest absolute Gasteiger partial charge is 0.236 e. The second-order valence-corrected chi connectivity index (χ2v) is 8.13. The van der Waals surface area contributed by atoms with E-state index in [4.69, 9.17) is 0 Å². The standard InChI is InChI=1S/C18H27NO3S/c1-3-18(4-2,11-12-20)14-19-23(21,22)17-10-9-15-7-5-6-8-16(15)13-17/h5-8,13,19-20H,3-4,9-12,14H2,1-2H3. The molecule has 0 amide bonds. The Morgan fingerprint density at radius 2 is 1.87 bits per heavy atom. The molecule has 1 aliphatic carbocycles. The largest absolute Gasteiger partial charge is 0.396 e. The van der Waals surface area contributed by atoms with Crippen molar-refractivity contribution in [2.24, 2.45) is 5.41 Å². The van der Waals surface area contributed by atoms with Gasteiger partial charge >= 0.3 is 0 Å². The second kappa shape index (κ2) is 7.60. The van der Waals surface area contributed by atoms with Crippen molar-refractivity contribution in [3.8, 4) is 0 Å². The lowest BCUT2D eigenvalue weighted by atomic mass is 9.80. The minimum Gasteiger partial charge on any atom is -0.396 e. The first-order chi connectivity index (χ1) is 11.0. The summed E-state index contributed by atoms with van der Waals surface area (Å²) in [4.78, 5) is 0.460. The van der Waals surface area contributed by atoms with Gasteiger partial charge in [0.25, 0.3) is 0 Å². The van der Waals surface area contributed by atoms with Crippen LogP contribution in [-0.2, 0) is 16.4 Å². The van der Waals surface area contributed by atoms with Crippen LogP contribution in [0.5, 0.6) is 0 Å². The predicted octanol–water partition coefficient (Wildman–Crippen LogP) is 3.08. The molecule has 1 aromatic carbocycles. The lowest BCUT2D eigenvalue weighted by Crippen LogP contribution is -2.38. The van der Waals surface area contributed by atoms with E-state index in [-0.39, 0.29) is 12.0 Å². The van der Waals surface area contributed by atoms with Gasteiger partial charge in [0.1, 0.15) is 0 Å². The molecule has 0 bridgehead atoms. The molecule has 0 fully saturated rings. The summed E-state index contributed by atoms with van der Waals surface area (Å²) in [6.45, 7) is 4.55. The minimum absolute atomic E-state index is 0.0828. The van der Waals surface area contributed by atoms with Gasteiger partial charge in [-0.05, 0) is 54.7 Å². The third kappa shape index (κ3) is 4.22. The number of aliphatic hydroxyl groups excluding tert-OH is 1. The highest BCUT2D eigenvalue weighted by Gasteiger charge is 2.29. The van der Waals surface area contributed by atoms with E-state index < -0.39 is 10.0 Å². The molecular formula is C18H27NO3S. The summed E-state index contributed by atoms with van der Waals surface area (Å²) in [6.07, 6.45) is 5.38. The quantitative estimate of drug-likeness (QED) is 0.766. The fourth-order valence-electron chi connectivity index (χ4n) is 3.14. The summed E-state index contributed by atoms with van der Waals surface area (Å²) in [7, 11) is -3.47. The number of allylic oxidation sites excluding steroid dienone is 1. The van der Waals surface area contributed by atoms with Gasteiger partial charge in [-0.15, -0.1) is 0 Å². The van der Waals surface area contributed by atoms with Crippen molar-refractivity contribution in [1.82, 2.24) is 4.72 Å². The van der Waals surface area contributed by atoms with Crippen LogP contribution in [0.3, 0.4) is 0 Å². The first-order valence-electron chi connectivity index (χ1n) is 8.35. The van der Waals surface area contributed by atoms with Crippen molar-refractivity contribution in [3.05, 3.63) is 40.3 Å². The zero-order valence-corrected chi connectivity index (χ0v) is 14.8. The van der Waals surface area contributed by atoms with Crippen LogP contribution in [0.4, 0.5) is 0 Å². The Hall–Kier alpha value is -1.17. The molecule has 2 rings (SSSR count). The topological polar surface area (TPSA) is 66.4 Å². The fourth-order valence-corrected chi connectivity index (χ4v) is 4.47. The number of hydrogen-bond donors (Lipinski definition) is 2. The molecule has 23 heavy (non-hydrogen) atoms. The van der Waals surface area contributed by atoms with Crippen molar-refractivity contribution in [3.63, 3.8) is 0 Å². The zero-order valence-electron chi connectivity index (χ0n) is 14.0. The van der Waals surface area contributed by atoms with Gasteiger partial charge in [-0.25, -0.2) is 13.1 Å². The molecule has 0 spiro atoms. The molecule has 5 heteroatoms. The minimum atomic E-state index is -3.47. The maximum Gasteiger partial charge on any atom is 0.236 e. The van der Waals surface area contributed by atoms with Crippen molar-refractivity contribution in [2.75, 3.05) is 13.2 Å². The Morgan fingerprint density at radius 3 is 2.52 bits per heavy atom. The molecule has 0 saturated heterocycles. The van der Waals surface area contributed by atoms with Crippen molar-refractivity contribution < 1.29 is 13.5 Å². The highest BCUT2D eigenvalue weighted by molar-refractivity contribution is 7.93. The number of sulfonamides is 1. The van der Waals surface area contributed by atoms with Gasteiger partial charge in [0, 0.05) is 13.2 Å². The van der Waals surface area contributed by atoms with E-state index in [0.717, 1.165) is 24.8 Å². The number of nitrogens with one attached hydrogen (secondary N) is 1. The maximum atomic E-state index is 12.6. The van der Waals surface area contributed by atoms with Gasteiger partial charge < -0.3 is 5.11 Å². The van der Waals surface area contributed by atoms with Gasteiger partial charge in [0.2, 0.25) is 10.0 Å². The average Bonchev–Trinajstić information content (AvgIpc) is 2.58. The van der Waals surface area contributed by atoms with E-state index in [2.05, 4.69) is 4.72 Å². The van der Waals surface area contributed by atoms with E-state index in [1.54, 1.807) is 6.08 Å². The summed E-state index contributed by atoms with van der Waals surface area (Å²) < 4.78 is 28.1. The SMILES string of the molecule is CCC(CC)(CCO)CNS(=O)(=O)C1=Cc2ccccc2CC1. The number of aryl methyl sites for hydroxylation is 1. The average molecular weight is 337 g/mol. The maximum absolute atomic E-state index is 12.6. The van der Waals surface area contributed by atoms with Gasteiger partial charge in [-0.2, -0.15) is 0 Å². The lowest BCUT2D eigenvalue weighted by molar-refractivity contribution is 0.170. The molecule has 0 aromatic heterocycles. The number of aliphatic hydroxyl groups is 1. The normalized spacial score (nSPS) is 15.2. The van der Waals surface area contributed by atoms with Crippen LogP contribution in [0, 0.1) is 5.41 Å². The van der Waals surface area contributed by atoms with Crippen LogP contribution in [-0.4, -0.2) is 26.7 Å². The summed E-state index contributed by atoms with van der Waals surface area (Å²) in [5.74, 6) is 0. The fraction of sp³-hybridized carbons (Fsp3) is 0.556. The molecule has 0 atom stereocenters. The zero-order chi connectivity index (χ0) is 16.9. The van der Waals surface area contributed by atoms with E-state index in [9.17, 15) is 13.5 Å². The molecule has 0 heterocycles. The Bertz CT molecular complexity index is 661. The van der Waals surface area contributed by atoms with Crippen molar-refractivity contribution in [1.29, 1.82) is 0 Å². The molecule has 0 saturated carbocycles. The van der Waals surface area contributed by atoms with Gasteiger partial charge in [-0.3, -0.25) is 0 Å². The van der Waals surface area contributed by atoms with E-state index >= 15 is 0 Å². The molecule has 0 radical (unpaired) electrons. The van der Waals surface area contributed by atoms with Gasteiger partial charge in [0.15, 0.2) is 0 Å². The Labute approximate surface area is 139 Å².